The van der Waals surface area contributed by atoms with Crippen LogP contribution < -0.4 is 0 Å². The zero-order valence-corrected chi connectivity index (χ0v) is 8.43. The average Bonchev–Trinajstić information content (AvgIpc) is 2.00. The van der Waals surface area contributed by atoms with Crippen LogP contribution in [-0.2, 0) is 0 Å². The highest BCUT2D eigenvalue weighted by Crippen LogP contribution is 2.17. The molecule has 0 aliphatic rings. The normalized spacial score (nSPS) is 17.1. The van der Waals surface area contributed by atoms with E-state index in [1.165, 1.54) is 19.3 Å². The van der Waals surface area contributed by atoms with E-state index in [4.69, 9.17) is 0 Å². The van der Waals surface area contributed by atoms with Crippen molar-refractivity contribution in [1.82, 2.24) is 0 Å². The molecular weight excluding hydrogens is 132 g/mol. The van der Waals surface area contributed by atoms with E-state index in [0.717, 1.165) is 11.8 Å². The summed E-state index contributed by atoms with van der Waals surface area (Å²) >= 11 is 0. The Hall–Kier alpha value is -0.260. The SMILES string of the molecule is CCC=CC(C)C(C)CCC. The number of rotatable bonds is 5. The van der Waals surface area contributed by atoms with Crippen LogP contribution in [0.3, 0.4) is 0 Å². The predicted octanol–water partition coefficient (Wildman–Crippen LogP) is 4.02. The maximum absolute atomic E-state index is 2.35. The second-order valence-electron chi connectivity index (χ2n) is 3.46. The van der Waals surface area contributed by atoms with Crippen LogP contribution in [0.5, 0.6) is 0 Å². The predicted molar refractivity (Wildman–Crippen MR) is 52.7 cm³/mol. The molecule has 0 saturated carbocycles. The Morgan fingerprint density at radius 1 is 1.18 bits per heavy atom. The molecule has 66 valence electrons. The topological polar surface area (TPSA) is 0 Å². The minimum absolute atomic E-state index is 0.759. The Labute approximate surface area is 71.7 Å². The fraction of sp³-hybridized carbons (Fsp3) is 0.818. The lowest BCUT2D eigenvalue weighted by atomic mass is 9.91. The zero-order chi connectivity index (χ0) is 8.69. The maximum Gasteiger partial charge on any atom is -0.0236 e. The van der Waals surface area contributed by atoms with Gasteiger partial charge < -0.3 is 0 Å². The Kier molecular flexibility index (Phi) is 6.30. The van der Waals surface area contributed by atoms with E-state index in [1.54, 1.807) is 0 Å². The van der Waals surface area contributed by atoms with Gasteiger partial charge in [0.1, 0.15) is 0 Å². The van der Waals surface area contributed by atoms with Gasteiger partial charge in [-0.05, 0) is 18.3 Å². The maximum atomic E-state index is 2.35. The van der Waals surface area contributed by atoms with E-state index in [2.05, 4.69) is 39.8 Å². The summed E-state index contributed by atoms with van der Waals surface area (Å²) in [5.74, 6) is 1.61. The van der Waals surface area contributed by atoms with Crippen LogP contribution in [0.15, 0.2) is 12.2 Å². The molecule has 0 aromatic rings. The standard InChI is InChI=1S/C11H22/c1-5-7-9-11(4)10(3)8-6-2/h7,9-11H,5-6,8H2,1-4H3. The lowest BCUT2D eigenvalue weighted by molar-refractivity contribution is 0.423. The largest absolute Gasteiger partial charge is 0.0885 e. The van der Waals surface area contributed by atoms with Gasteiger partial charge in [-0.1, -0.05) is 52.7 Å². The zero-order valence-electron chi connectivity index (χ0n) is 8.43. The number of hydrogen-bond donors (Lipinski definition) is 0. The van der Waals surface area contributed by atoms with E-state index in [1.807, 2.05) is 0 Å². The lowest BCUT2D eigenvalue weighted by Gasteiger charge is -2.14. The van der Waals surface area contributed by atoms with Gasteiger partial charge in [0, 0.05) is 0 Å². The highest BCUT2D eigenvalue weighted by atomic mass is 14.1. The van der Waals surface area contributed by atoms with E-state index >= 15 is 0 Å². The second-order valence-corrected chi connectivity index (χ2v) is 3.46. The Morgan fingerprint density at radius 3 is 2.27 bits per heavy atom. The quantitative estimate of drug-likeness (QED) is 0.524. The van der Waals surface area contributed by atoms with Crippen LogP contribution in [0.25, 0.3) is 0 Å². The molecule has 0 fully saturated rings. The molecule has 0 aromatic heterocycles. The van der Waals surface area contributed by atoms with E-state index in [-0.39, 0.29) is 0 Å². The van der Waals surface area contributed by atoms with E-state index < -0.39 is 0 Å². The highest BCUT2D eigenvalue weighted by molar-refractivity contribution is 4.87. The van der Waals surface area contributed by atoms with Crippen LogP contribution in [0.4, 0.5) is 0 Å². The van der Waals surface area contributed by atoms with Gasteiger partial charge in [0.2, 0.25) is 0 Å². The summed E-state index contributed by atoms with van der Waals surface area (Å²) in [5, 5.41) is 0. The minimum Gasteiger partial charge on any atom is -0.0885 e. The van der Waals surface area contributed by atoms with Gasteiger partial charge in [0.15, 0.2) is 0 Å². The van der Waals surface area contributed by atoms with Gasteiger partial charge in [-0.2, -0.15) is 0 Å². The molecule has 11 heavy (non-hydrogen) atoms. The molecule has 0 N–H and O–H groups in total. The molecule has 0 rings (SSSR count). The molecule has 0 bridgehead atoms. The van der Waals surface area contributed by atoms with Crippen molar-refractivity contribution in [1.29, 1.82) is 0 Å². The third-order valence-corrected chi connectivity index (χ3v) is 2.32. The van der Waals surface area contributed by atoms with Gasteiger partial charge in [-0.3, -0.25) is 0 Å². The van der Waals surface area contributed by atoms with Gasteiger partial charge >= 0.3 is 0 Å². The molecule has 0 spiro atoms. The molecule has 0 amide bonds. The first-order valence-corrected chi connectivity index (χ1v) is 4.89. The molecule has 0 aliphatic heterocycles. The van der Waals surface area contributed by atoms with E-state index in [0.29, 0.717) is 0 Å². The summed E-state index contributed by atoms with van der Waals surface area (Å²) in [7, 11) is 0. The third-order valence-electron chi connectivity index (χ3n) is 2.32. The summed E-state index contributed by atoms with van der Waals surface area (Å²) in [6, 6.07) is 0. The molecule has 0 radical (unpaired) electrons. The Morgan fingerprint density at radius 2 is 1.82 bits per heavy atom. The summed E-state index contributed by atoms with van der Waals surface area (Å²) in [5.41, 5.74) is 0. The molecule has 0 nitrogen and oxygen atoms in total. The molecule has 0 aliphatic carbocycles. The average molecular weight is 154 g/mol. The van der Waals surface area contributed by atoms with Crippen molar-refractivity contribution in [2.45, 2.75) is 47.0 Å². The highest BCUT2D eigenvalue weighted by Gasteiger charge is 2.06. The number of allylic oxidation sites excluding steroid dienone is 2. The van der Waals surface area contributed by atoms with Crippen LogP contribution in [0, 0.1) is 11.8 Å². The Balaban J connectivity index is 3.62. The molecular formula is C11H22. The molecule has 0 saturated heterocycles. The Bertz CT molecular complexity index is 103. The first-order chi connectivity index (χ1) is 5.22. The van der Waals surface area contributed by atoms with Crippen molar-refractivity contribution < 1.29 is 0 Å². The summed E-state index contributed by atoms with van der Waals surface area (Å²) in [4.78, 5) is 0. The molecule has 2 atom stereocenters. The van der Waals surface area contributed by atoms with Crippen molar-refractivity contribution in [3.63, 3.8) is 0 Å². The molecule has 0 heteroatoms. The van der Waals surface area contributed by atoms with Crippen molar-refractivity contribution in [3.8, 4) is 0 Å². The van der Waals surface area contributed by atoms with Gasteiger partial charge in [0.05, 0.1) is 0 Å². The minimum atomic E-state index is 0.759. The monoisotopic (exact) mass is 154 g/mol. The van der Waals surface area contributed by atoms with Crippen LogP contribution in [0.2, 0.25) is 0 Å². The van der Waals surface area contributed by atoms with Gasteiger partial charge in [0.25, 0.3) is 0 Å². The summed E-state index contributed by atoms with van der Waals surface area (Å²) in [6.45, 7) is 9.10. The smallest absolute Gasteiger partial charge is 0.0236 e. The first kappa shape index (κ1) is 10.7. The van der Waals surface area contributed by atoms with Crippen LogP contribution in [-0.4, -0.2) is 0 Å². The van der Waals surface area contributed by atoms with Gasteiger partial charge in [-0.25, -0.2) is 0 Å². The van der Waals surface area contributed by atoms with Crippen molar-refractivity contribution in [2.75, 3.05) is 0 Å². The van der Waals surface area contributed by atoms with Crippen molar-refractivity contribution in [3.05, 3.63) is 12.2 Å². The van der Waals surface area contributed by atoms with Gasteiger partial charge in [-0.15, -0.1) is 0 Å². The fourth-order valence-corrected chi connectivity index (χ4v) is 1.26. The van der Waals surface area contributed by atoms with E-state index in [9.17, 15) is 0 Å². The molecule has 0 aromatic carbocycles. The summed E-state index contributed by atoms with van der Waals surface area (Å²) in [6.07, 6.45) is 8.46. The van der Waals surface area contributed by atoms with Crippen LogP contribution >= 0.6 is 0 Å². The van der Waals surface area contributed by atoms with Crippen molar-refractivity contribution in [2.24, 2.45) is 11.8 Å². The third kappa shape index (κ3) is 5.06. The molecule has 2 unspecified atom stereocenters. The number of hydrogen-bond acceptors (Lipinski definition) is 0. The fourth-order valence-electron chi connectivity index (χ4n) is 1.26. The first-order valence-electron chi connectivity index (χ1n) is 4.89. The van der Waals surface area contributed by atoms with Crippen LogP contribution in [0.1, 0.15) is 47.0 Å². The van der Waals surface area contributed by atoms with Crippen molar-refractivity contribution >= 4 is 0 Å². The summed E-state index contributed by atoms with van der Waals surface area (Å²) < 4.78 is 0. The lowest BCUT2D eigenvalue weighted by Crippen LogP contribution is -2.04. The molecule has 0 heterocycles. The second kappa shape index (κ2) is 6.45.